The van der Waals surface area contributed by atoms with Gasteiger partial charge in [0.2, 0.25) is 5.91 Å². The molecule has 1 aliphatic heterocycles. The number of hydrogen-bond acceptors (Lipinski definition) is 3. The Balaban J connectivity index is 1.47. The minimum Gasteiger partial charge on any atom is -0.376 e. The Kier molecular flexibility index (Phi) is 5.82. The van der Waals surface area contributed by atoms with E-state index < -0.39 is 0 Å². The van der Waals surface area contributed by atoms with Gasteiger partial charge in [-0.25, -0.2) is 0 Å². The molecular formula is C22H29N3O. The molecule has 2 aromatic carbocycles. The number of carbonyl (C=O) groups excluding carboxylic acids is 1. The minimum absolute atomic E-state index is 0.168. The van der Waals surface area contributed by atoms with Crippen LogP contribution in [0.3, 0.4) is 0 Å². The van der Waals surface area contributed by atoms with Crippen LogP contribution in [0.4, 0.5) is 11.4 Å². The van der Waals surface area contributed by atoms with Crippen LogP contribution >= 0.6 is 0 Å². The Morgan fingerprint density at radius 2 is 1.73 bits per heavy atom. The number of benzene rings is 2. The third kappa shape index (κ3) is 4.57. The highest BCUT2D eigenvalue weighted by molar-refractivity contribution is 5.81. The molecular weight excluding hydrogens is 322 g/mol. The van der Waals surface area contributed by atoms with Gasteiger partial charge < -0.3 is 15.1 Å². The van der Waals surface area contributed by atoms with E-state index in [-0.39, 0.29) is 5.91 Å². The Hall–Kier alpha value is -2.49. The first-order chi connectivity index (χ1) is 12.5. The summed E-state index contributed by atoms with van der Waals surface area (Å²) in [4.78, 5) is 16.8. The molecule has 0 bridgehead atoms. The molecule has 1 aliphatic rings. The SMILES string of the molecule is Cc1cccc(N2CCN(C(=O)CNc3ccc(C(C)C)cc3)CC2)c1. The molecule has 1 saturated heterocycles. The molecule has 1 amide bonds. The lowest BCUT2D eigenvalue weighted by atomic mass is 10.0. The summed E-state index contributed by atoms with van der Waals surface area (Å²) in [6.45, 7) is 10.2. The Morgan fingerprint density at radius 3 is 2.35 bits per heavy atom. The zero-order valence-corrected chi connectivity index (χ0v) is 16.0. The van der Waals surface area contributed by atoms with Crippen molar-refractivity contribution in [1.82, 2.24) is 4.90 Å². The van der Waals surface area contributed by atoms with Gasteiger partial charge in [-0.3, -0.25) is 4.79 Å². The minimum atomic E-state index is 0.168. The number of piperazine rings is 1. The van der Waals surface area contributed by atoms with Crippen molar-refractivity contribution >= 4 is 17.3 Å². The van der Waals surface area contributed by atoms with Crippen molar-refractivity contribution in [2.24, 2.45) is 0 Å². The lowest BCUT2D eigenvalue weighted by molar-refractivity contribution is -0.129. The molecule has 0 atom stereocenters. The van der Waals surface area contributed by atoms with Crippen LogP contribution in [0.2, 0.25) is 0 Å². The Bertz CT molecular complexity index is 731. The van der Waals surface area contributed by atoms with Gasteiger partial charge in [0.1, 0.15) is 0 Å². The van der Waals surface area contributed by atoms with Crippen LogP contribution < -0.4 is 10.2 Å². The summed E-state index contributed by atoms with van der Waals surface area (Å²) in [6, 6.07) is 16.9. The van der Waals surface area contributed by atoms with Crippen LogP contribution in [0.15, 0.2) is 48.5 Å². The third-order valence-corrected chi connectivity index (χ3v) is 5.02. The quantitative estimate of drug-likeness (QED) is 0.888. The van der Waals surface area contributed by atoms with Gasteiger partial charge in [-0.05, 0) is 48.2 Å². The zero-order chi connectivity index (χ0) is 18.5. The van der Waals surface area contributed by atoms with E-state index in [1.807, 2.05) is 4.90 Å². The monoisotopic (exact) mass is 351 g/mol. The van der Waals surface area contributed by atoms with Gasteiger partial charge in [0.25, 0.3) is 0 Å². The van der Waals surface area contributed by atoms with E-state index in [9.17, 15) is 4.79 Å². The first kappa shape index (κ1) is 18.3. The van der Waals surface area contributed by atoms with Crippen molar-refractivity contribution in [1.29, 1.82) is 0 Å². The first-order valence-corrected chi connectivity index (χ1v) is 9.46. The average molecular weight is 351 g/mol. The molecule has 1 fully saturated rings. The summed E-state index contributed by atoms with van der Waals surface area (Å²) in [5.41, 5.74) is 4.84. The van der Waals surface area contributed by atoms with E-state index >= 15 is 0 Å². The topological polar surface area (TPSA) is 35.6 Å². The maximum absolute atomic E-state index is 12.5. The third-order valence-electron chi connectivity index (χ3n) is 5.02. The molecule has 138 valence electrons. The Labute approximate surface area is 156 Å². The normalized spacial score (nSPS) is 14.6. The van der Waals surface area contributed by atoms with Crippen molar-refractivity contribution in [2.75, 3.05) is 42.9 Å². The predicted octanol–water partition coefficient (Wildman–Crippen LogP) is 3.88. The summed E-state index contributed by atoms with van der Waals surface area (Å²) < 4.78 is 0. The van der Waals surface area contributed by atoms with E-state index in [1.54, 1.807) is 0 Å². The fourth-order valence-corrected chi connectivity index (χ4v) is 3.31. The molecule has 26 heavy (non-hydrogen) atoms. The largest absolute Gasteiger partial charge is 0.376 e. The standard InChI is InChI=1S/C22H29N3O/c1-17(2)19-7-9-20(10-8-19)23-16-22(26)25-13-11-24(12-14-25)21-6-4-5-18(3)15-21/h4-10,15,17,23H,11-14,16H2,1-3H3. The summed E-state index contributed by atoms with van der Waals surface area (Å²) >= 11 is 0. The van der Waals surface area contributed by atoms with Crippen molar-refractivity contribution in [3.8, 4) is 0 Å². The molecule has 0 spiro atoms. The Morgan fingerprint density at radius 1 is 1.04 bits per heavy atom. The number of aryl methyl sites for hydroxylation is 1. The van der Waals surface area contributed by atoms with Crippen LogP contribution in [-0.2, 0) is 4.79 Å². The average Bonchev–Trinajstić information content (AvgIpc) is 2.66. The van der Waals surface area contributed by atoms with Gasteiger partial charge in [0.05, 0.1) is 6.54 Å². The lowest BCUT2D eigenvalue weighted by Gasteiger charge is -2.36. The highest BCUT2D eigenvalue weighted by atomic mass is 16.2. The second kappa shape index (κ2) is 8.26. The molecule has 0 unspecified atom stereocenters. The van der Waals surface area contributed by atoms with Crippen LogP contribution in [0.1, 0.15) is 30.9 Å². The highest BCUT2D eigenvalue weighted by Gasteiger charge is 2.21. The van der Waals surface area contributed by atoms with Gasteiger partial charge in [0.15, 0.2) is 0 Å². The van der Waals surface area contributed by atoms with Crippen LogP contribution in [0.5, 0.6) is 0 Å². The van der Waals surface area contributed by atoms with E-state index in [2.05, 4.69) is 79.5 Å². The molecule has 2 aromatic rings. The predicted molar refractivity (Wildman–Crippen MR) is 109 cm³/mol. The second-order valence-electron chi connectivity index (χ2n) is 7.34. The molecule has 0 radical (unpaired) electrons. The van der Waals surface area contributed by atoms with Gasteiger partial charge in [-0.2, -0.15) is 0 Å². The molecule has 1 heterocycles. The van der Waals surface area contributed by atoms with E-state index in [0.717, 1.165) is 31.9 Å². The van der Waals surface area contributed by atoms with E-state index in [1.165, 1.54) is 16.8 Å². The number of hydrogen-bond donors (Lipinski definition) is 1. The summed E-state index contributed by atoms with van der Waals surface area (Å²) in [6.07, 6.45) is 0. The maximum atomic E-state index is 12.5. The van der Waals surface area contributed by atoms with Gasteiger partial charge in [0, 0.05) is 37.6 Å². The zero-order valence-electron chi connectivity index (χ0n) is 16.0. The number of anilines is 2. The van der Waals surface area contributed by atoms with Gasteiger partial charge in [-0.15, -0.1) is 0 Å². The fourth-order valence-electron chi connectivity index (χ4n) is 3.31. The van der Waals surface area contributed by atoms with Crippen molar-refractivity contribution in [3.63, 3.8) is 0 Å². The molecule has 0 aromatic heterocycles. The fraction of sp³-hybridized carbons (Fsp3) is 0.409. The van der Waals surface area contributed by atoms with Crippen molar-refractivity contribution < 1.29 is 4.79 Å². The summed E-state index contributed by atoms with van der Waals surface area (Å²) in [5.74, 6) is 0.692. The highest BCUT2D eigenvalue weighted by Crippen LogP contribution is 2.19. The van der Waals surface area contributed by atoms with Crippen LogP contribution in [-0.4, -0.2) is 43.5 Å². The lowest BCUT2D eigenvalue weighted by Crippen LogP contribution is -2.50. The molecule has 0 aliphatic carbocycles. The van der Waals surface area contributed by atoms with E-state index in [0.29, 0.717) is 12.5 Å². The second-order valence-corrected chi connectivity index (χ2v) is 7.34. The molecule has 4 heteroatoms. The molecule has 0 saturated carbocycles. The van der Waals surface area contributed by atoms with Crippen molar-refractivity contribution in [2.45, 2.75) is 26.7 Å². The summed E-state index contributed by atoms with van der Waals surface area (Å²) in [7, 11) is 0. The number of nitrogens with zero attached hydrogens (tertiary/aromatic N) is 2. The first-order valence-electron chi connectivity index (χ1n) is 9.46. The smallest absolute Gasteiger partial charge is 0.241 e. The summed E-state index contributed by atoms with van der Waals surface area (Å²) in [5, 5.41) is 3.25. The van der Waals surface area contributed by atoms with Crippen LogP contribution in [0, 0.1) is 6.92 Å². The number of carbonyl (C=O) groups is 1. The maximum Gasteiger partial charge on any atom is 0.241 e. The number of nitrogens with one attached hydrogen (secondary N) is 1. The molecule has 3 rings (SSSR count). The van der Waals surface area contributed by atoms with Crippen molar-refractivity contribution in [3.05, 3.63) is 59.7 Å². The van der Waals surface area contributed by atoms with E-state index in [4.69, 9.17) is 0 Å². The molecule has 1 N–H and O–H groups in total. The van der Waals surface area contributed by atoms with Gasteiger partial charge >= 0.3 is 0 Å². The number of rotatable bonds is 5. The number of amides is 1. The molecule has 4 nitrogen and oxygen atoms in total. The van der Waals surface area contributed by atoms with Gasteiger partial charge in [-0.1, -0.05) is 38.1 Å². The van der Waals surface area contributed by atoms with Crippen LogP contribution in [0.25, 0.3) is 0 Å².